The van der Waals surface area contributed by atoms with Crippen molar-refractivity contribution in [2.75, 3.05) is 11.4 Å². The number of hydrogen-bond donors (Lipinski definition) is 0. The lowest BCUT2D eigenvalue weighted by molar-refractivity contribution is -0.119. The molecule has 1 fully saturated rings. The molecule has 0 spiro atoms. The highest BCUT2D eigenvalue weighted by atomic mass is 32.1. The molecule has 1 aliphatic rings. The van der Waals surface area contributed by atoms with Crippen LogP contribution in [0.2, 0.25) is 0 Å². The van der Waals surface area contributed by atoms with E-state index in [1.165, 1.54) is 11.3 Å². The van der Waals surface area contributed by atoms with Gasteiger partial charge in [-0.3, -0.25) is 23.7 Å². The Bertz CT molecular complexity index is 968. The summed E-state index contributed by atoms with van der Waals surface area (Å²) in [6.45, 7) is 2.50. The van der Waals surface area contributed by atoms with Gasteiger partial charge in [0.2, 0.25) is 0 Å². The lowest BCUT2D eigenvalue weighted by atomic mass is 10.2. The number of nitrogens with zero attached hydrogens (tertiary/aromatic N) is 4. The van der Waals surface area contributed by atoms with Crippen LogP contribution in [0, 0.1) is 6.92 Å². The highest BCUT2D eigenvalue weighted by molar-refractivity contribution is 7.16. The van der Waals surface area contributed by atoms with Gasteiger partial charge in [0.1, 0.15) is 11.9 Å². The van der Waals surface area contributed by atoms with Crippen molar-refractivity contribution in [1.82, 2.24) is 14.3 Å². The Morgan fingerprint density at radius 3 is 2.78 bits per heavy atom. The van der Waals surface area contributed by atoms with Gasteiger partial charge in [-0.15, -0.1) is 0 Å². The van der Waals surface area contributed by atoms with Gasteiger partial charge in [0, 0.05) is 19.7 Å². The fourth-order valence-corrected chi connectivity index (χ4v) is 4.19. The first-order valence-corrected chi connectivity index (χ1v) is 8.30. The van der Waals surface area contributed by atoms with E-state index in [1.54, 1.807) is 14.1 Å². The average molecular weight is 328 g/mol. The quantitative estimate of drug-likeness (QED) is 0.724. The van der Waals surface area contributed by atoms with E-state index in [1.807, 2.05) is 44.3 Å². The van der Waals surface area contributed by atoms with Gasteiger partial charge < -0.3 is 0 Å². The van der Waals surface area contributed by atoms with E-state index < -0.39 is 6.04 Å². The second-order valence-electron chi connectivity index (χ2n) is 5.77. The molecular formula is C16H16N4O2S. The van der Waals surface area contributed by atoms with Crippen LogP contribution in [-0.2, 0) is 11.8 Å². The summed E-state index contributed by atoms with van der Waals surface area (Å²) in [5.74, 6) is 0.737. The van der Waals surface area contributed by atoms with Gasteiger partial charge in [-0.25, -0.2) is 0 Å². The summed E-state index contributed by atoms with van der Waals surface area (Å²) >= 11 is 1.19. The minimum Gasteiger partial charge on any atom is -0.295 e. The number of anilines is 1. The van der Waals surface area contributed by atoms with Gasteiger partial charge in [-0.1, -0.05) is 23.5 Å². The van der Waals surface area contributed by atoms with E-state index in [2.05, 4.69) is 5.10 Å². The Morgan fingerprint density at radius 2 is 2.04 bits per heavy atom. The lowest BCUT2D eigenvalue weighted by Gasteiger charge is -2.17. The van der Waals surface area contributed by atoms with E-state index in [9.17, 15) is 9.59 Å². The Labute approximate surface area is 136 Å². The molecule has 0 saturated carbocycles. The Morgan fingerprint density at radius 1 is 1.26 bits per heavy atom. The maximum Gasteiger partial charge on any atom is 0.308 e. The molecule has 4 rings (SSSR count). The molecule has 0 N–H and O–H groups in total. The van der Waals surface area contributed by atoms with Crippen molar-refractivity contribution >= 4 is 33.3 Å². The summed E-state index contributed by atoms with van der Waals surface area (Å²) < 4.78 is 4.27. The molecule has 118 valence electrons. The maximum absolute atomic E-state index is 12.9. The third-order valence-electron chi connectivity index (χ3n) is 4.26. The zero-order valence-corrected chi connectivity index (χ0v) is 13.7. The SMILES string of the molecule is Cc1cc(N2CCC(n3c(=O)sc4ccccc43)C2=O)n(C)n1. The van der Waals surface area contributed by atoms with E-state index in [4.69, 9.17) is 0 Å². The van der Waals surface area contributed by atoms with E-state index in [0.29, 0.717) is 13.0 Å². The van der Waals surface area contributed by atoms with Crippen molar-refractivity contribution in [1.29, 1.82) is 0 Å². The standard InChI is InChI=1S/C16H16N4O2S/c1-10-9-14(18(2)17-10)19-8-7-12(15(19)21)20-11-5-3-4-6-13(11)23-16(20)22/h3-6,9,12H,7-8H2,1-2H3. The van der Waals surface area contributed by atoms with Crippen LogP contribution in [0.1, 0.15) is 18.2 Å². The number of amides is 1. The van der Waals surface area contributed by atoms with Crippen LogP contribution >= 0.6 is 11.3 Å². The number of benzene rings is 1. The van der Waals surface area contributed by atoms with Crippen LogP contribution in [0.5, 0.6) is 0 Å². The van der Waals surface area contributed by atoms with Gasteiger partial charge in [0.15, 0.2) is 0 Å². The Balaban J connectivity index is 1.77. The van der Waals surface area contributed by atoms with Crippen LogP contribution in [0.25, 0.3) is 10.2 Å². The highest BCUT2D eigenvalue weighted by Gasteiger charge is 2.36. The minimum atomic E-state index is -0.436. The normalized spacial score (nSPS) is 18.3. The molecule has 2 aromatic heterocycles. The second-order valence-corrected chi connectivity index (χ2v) is 6.76. The van der Waals surface area contributed by atoms with Crippen LogP contribution in [0.4, 0.5) is 5.82 Å². The summed E-state index contributed by atoms with van der Waals surface area (Å²) in [5.41, 5.74) is 1.71. The zero-order chi connectivity index (χ0) is 16.1. The molecule has 0 bridgehead atoms. The molecule has 0 aliphatic carbocycles. The highest BCUT2D eigenvalue weighted by Crippen LogP contribution is 2.31. The molecule has 7 heteroatoms. The van der Waals surface area contributed by atoms with Crippen molar-refractivity contribution in [3.05, 3.63) is 45.7 Å². The van der Waals surface area contributed by atoms with E-state index in [-0.39, 0.29) is 10.8 Å². The fourth-order valence-electron chi connectivity index (χ4n) is 3.26. The summed E-state index contributed by atoms with van der Waals surface area (Å²) in [4.78, 5) is 26.9. The first-order valence-electron chi connectivity index (χ1n) is 7.48. The van der Waals surface area contributed by atoms with E-state index >= 15 is 0 Å². The third kappa shape index (κ3) is 2.11. The third-order valence-corrected chi connectivity index (χ3v) is 5.20. The van der Waals surface area contributed by atoms with Crippen molar-refractivity contribution < 1.29 is 4.79 Å². The van der Waals surface area contributed by atoms with Crippen molar-refractivity contribution in [2.24, 2.45) is 7.05 Å². The molecule has 3 heterocycles. The van der Waals surface area contributed by atoms with Gasteiger partial charge >= 0.3 is 4.87 Å². The number of hydrogen-bond acceptors (Lipinski definition) is 4. The first-order chi connectivity index (χ1) is 11.1. The maximum atomic E-state index is 12.9. The summed E-state index contributed by atoms with van der Waals surface area (Å²) in [5, 5.41) is 4.30. The molecule has 1 unspecified atom stereocenters. The van der Waals surface area contributed by atoms with Crippen LogP contribution in [0.15, 0.2) is 35.1 Å². The molecule has 1 saturated heterocycles. The van der Waals surface area contributed by atoms with Crippen molar-refractivity contribution in [2.45, 2.75) is 19.4 Å². The fraction of sp³-hybridized carbons (Fsp3) is 0.312. The van der Waals surface area contributed by atoms with Crippen LogP contribution < -0.4 is 9.77 Å². The summed E-state index contributed by atoms with van der Waals surface area (Å²) in [7, 11) is 1.83. The topological polar surface area (TPSA) is 60.1 Å². The van der Waals surface area contributed by atoms with Gasteiger partial charge in [-0.05, 0) is 25.5 Å². The van der Waals surface area contributed by atoms with Crippen molar-refractivity contribution in [3.63, 3.8) is 0 Å². The zero-order valence-electron chi connectivity index (χ0n) is 12.9. The monoisotopic (exact) mass is 328 g/mol. The number of fused-ring (bicyclic) bond motifs is 1. The number of carbonyl (C=O) groups is 1. The predicted octanol–water partition coefficient (Wildman–Crippen LogP) is 2.08. The van der Waals surface area contributed by atoms with Gasteiger partial charge in [0.25, 0.3) is 5.91 Å². The average Bonchev–Trinajstić information content (AvgIpc) is 3.14. The molecular weight excluding hydrogens is 312 g/mol. The Kier molecular flexibility index (Phi) is 3.12. The summed E-state index contributed by atoms with van der Waals surface area (Å²) in [6, 6.07) is 9.08. The molecule has 1 amide bonds. The second kappa shape index (κ2) is 5.06. The number of para-hydroxylation sites is 1. The number of thiazole rings is 1. The number of aromatic nitrogens is 3. The molecule has 0 radical (unpaired) electrons. The smallest absolute Gasteiger partial charge is 0.295 e. The number of carbonyl (C=O) groups excluding carboxylic acids is 1. The van der Waals surface area contributed by atoms with Crippen molar-refractivity contribution in [3.8, 4) is 0 Å². The molecule has 1 aliphatic heterocycles. The van der Waals surface area contributed by atoms with Crippen LogP contribution in [-0.4, -0.2) is 26.8 Å². The van der Waals surface area contributed by atoms with Gasteiger partial charge in [0.05, 0.1) is 15.9 Å². The lowest BCUT2D eigenvalue weighted by Crippen LogP contribution is -2.32. The van der Waals surface area contributed by atoms with Crippen LogP contribution in [0.3, 0.4) is 0 Å². The largest absolute Gasteiger partial charge is 0.308 e. The number of rotatable bonds is 2. The molecule has 3 aromatic rings. The summed E-state index contributed by atoms with van der Waals surface area (Å²) in [6.07, 6.45) is 0.629. The number of aryl methyl sites for hydroxylation is 2. The predicted molar refractivity (Wildman–Crippen MR) is 90.0 cm³/mol. The first kappa shape index (κ1) is 14.2. The molecule has 23 heavy (non-hydrogen) atoms. The Hall–Kier alpha value is -2.41. The molecule has 1 aromatic carbocycles. The van der Waals surface area contributed by atoms with Gasteiger partial charge in [-0.2, -0.15) is 5.10 Å². The molecule has 1 atom stereocenters. The minimum absolute atomic E-state index is 0.0429. The van der Waals surface area contributed by atoms with E-state index in [0.717, 1.165) is 21.7 Å². The molecule has 6 nitrogen and oxygen atoms in total.